The maximum atomic E-state index is 3.77. The fourth-order valence-electron chi connectivity index (χ4n) is 2.17. The third kappa shape index (κ3) is 2.88. The summed E-state index contributed by atoms with van der Waals surface area (Å²) in [5.74, 6) is 0. The Balaban J connectivity index is 0.00000162. The van der Waals surface area contributed by atoms with E-state index in [1.54, 1.807) is 0 Å². The lowest BCUT2D eigenvalue weighted by Gasteiger charge is -2.29. The van der Waals surface area contributed by atoms with Gasteiger partial charge in [-0.2, -0.15) is 0 Å². The maximum absolute atomic E-state index is 3.77. The fourth-order valence-corrected chi connectivity index (χ4v) is 2.17. The van der Waals surface area contributed by atoms with E-state index in [2.05, 4.69) is 66.9 Å². The molecule has 1 heterocycles. The zero-order chi connectivity index (χ0) is 12.3. The normalized spacial score (nSPS) is 17.8. The van der Waals surface area contributed by atoms with E-state index in [1.165, 1.54) is 12.1 Å². The zero-order valence-electron chi connectivity index (χ0n) is 11.0. The van der Waals surface area contributed by atoms with Crippen molar-refractivity contribution in [2.45, 2.75) is 26.4 Å². The summed E-state index contributed by atoms with van der Waals surface area (Å²) in [6.07, 6.45) is 7.79. The number of hydrogen-bond donors (Lipinski definition) is 0. The lowest BCUT2D eigenvalue weighted by atomic mass is 10.2. The van der Waals surface area contributed by atoms with Crippen molar-refractivity contribution in [1.29, 1.82) is 0 Å². The fraction of sp³-hybridized carbons (Fsp3) is 0.333. The number of nitrogens with zero attached hydrogens (tertiary/aromatic N) is 2. The molecule has 2 nitrogen and oxygen atoms in total. The van der Waals surface area contributed by atoms with Gasteiger partial charge >= 0.3 is 0 Å². The number of benzene rings is 1. The second kappa shape index (κ2) is 6.50. The minimum Gasteiger partial charge on any atom is -0.356 e. The first-order valence-corrected chi connectivity index (χ1v) is 6.21. The molecule has 1 aliphatic heterocycles. The van der Waals surface area contributed by atoms with E-state index in [9.17, 15) is 0 Å². The molecular weight excluding hydrogens is 244 g/mol. The van der Waals surface area contributed by atoms with Gasteiger partial charge in [-0.15, -0.1) is 12.4 Å². The molecule has 0 saturated carbocycles. The van der Waals surface area contributed by atoms with Crippen LogP contribution >= 0.6 is 12.4 Å². The quantitative estimate of drug-likeness (QED) is 0.808. The highest BCUT2D eigenvalue weighted by molar-refractivity contribution is 5.85. The number of hydrogen-bond acceptors (Lipinski definition) is 2. The Bertz CT molecular complexity index is 411. The van der Waals surface area contributed by atoms with Crippen molar-refractivity contribution in [3.05, 3.63) is 48.8 Å². The molecule has 18 heavy (non-hydrogen) atoms. The Labute approximate surface area is 116 Å². The maximum Gasteiger partial charge on any atom is 0.102 e. The summed E-state index contributed by atoms with van der Waals surface area (Å²) in [5.41, 5.74) is 2.40. The molecule has 1 aliphatic rings. The topological polar surface area (TPSA) is 6.48 Å². The number of anilines is 1. The molecule has 3 heteroatoms. The molecule has 1 unspecified atom stereocenters. The van der Waals surface area contributed by atoms with Crippen molar-refractivity contribution < 1.29 is 0 Å². The van der Waals surface area contributed by atoms with Gasteiger partial charge in [0.15, 0.2) is 0 Å². The molecule has 0 radical (unpaired) electrons. The first kappa shape index (κ1) is 14.7. The van der Waals surface area contributed by atoms with E-state index in [1.807, 2.05) is 6.08 Å². The molecule has 1 aromatic carbocycles. The minimum absolute atomic E-state index is 0. The first-order valence-electron chi connectivity index (χ1n) is 6.21. The smallest absolute Gasteiger partial charge is 0.102 e. The van der Waals surface area contributed by atoms with Crippen molar-refractivity contribution in [1.82, 2.24) is 4.90 Å². The number of rotatable bonds is 4. The van der Waals surface area contributed by atoms with Crippen LogP contribution in [0.2, 0.25) is 0 Å². The highest BCUT2D eigenvalue weighted by Crippen LogP contribution is 2.24. The molecule has 0 N–H and O–H groups in total. The molecule has 1 aromatic rings. The summed E-state index contributed by atoms with van der Waals surface area (Å²) in [6.45, 7) is 9.33. The molecule has 0 aliphatic carbocycles. The third-order valence-corrected chi connectivity index (χ3v) is 3.21. The van der Waals surface area contributed by atoms with Crippen molar-refractivity contribution in [3.63, 3.8) is 0 Å². The van der Waals surface area contributed by atoms with Gasteiger partial charge in [0.25, 0.3) is 0 Å². The van der Waals surface area contributed by atoms with Crippen LogP contribution in [-0.4, -0.2) is 17.6 Å². The van der Waals surface area contributed by atoms with Crippen molar-refractivity contribution in [3.8, 4) is 0 Å². The highest BCUT2D eigenvalue weighted by Gasteiger charge is 2.21. The molecule has 0 saturated heterocycles. The van der Waals surface area contributed by atoms with Crippen LogP contribution < -0.4 is 4.90 Å². The Morgan fingerprint density at radius 2 is 1.89 bits per heavy atom. The number of halogens is 1. The molecule has 0 spiro atoms. The van der Waals surface area contributed by atoms with Crippen LogP contribution in [0, 0.1) is 0 Å². The molecule has 1 atom stereocenters. The van der Waals surface area contributed by atoms with E-state index < -0.39 is 0 Å². The van der Waals surface area contributed by atoms with E-state index in [0.717, 1.165) is 12.1 Å². The molecule has 0 fully saturated rings. The average molecular weight is 265 g/mol. The minimum atomic E-state index is 0. The van der Waals surface area contributed by atoms with Gasteiger partial charge in [0.2, 0.25) is 0 Å². The first-order chi connectivity index (χ1) is 8.26. The predicted octanol–water partition coefficient (Wildman–Crippen LogP) is 4.10. The van der Waals surface area contributed by atoms with Crippen molar-refractivity contribution in [2.24, 2.45) is 0 Å². The summed E-state index contributed by atoms with van der Waals surface area (Å²) in [4.78, 5) is 4.66. The summed E-state index contributed by atoms with van der Waals surface area (Å²) in [5, 5.41) is 0. The van der Waals surface area contributed by atoms with Gasteiger partial charge in [-0.1, -0.05) is 31.7 Å². The molecule has 98 valence electrons. The Morgan fingerprint density at radius 1 is 1.22 bits per heavy atom. The second-order valence-corrected chi connectivity index (χ2v) is 4.37. The van der Waals surface area contributed by atoms with Crippen LogP contribution in [0.5, 0.6) is 0 Å². The highest BCUT2D eigenvalue weighted by atomic mass is 35.5. The van der Waals surface area contributed by atoms with Crippen molar-refractivity contribution in [2.75, 3.05) is 11.4 Å². The van der Waals surface area contributed by atoms with Gasteiger partial charge in [-0.25, -0.2) is 0 Å². The largest absolute Gasteiger partial charge is 0.356 e. The van der Waals surface area contributed by atoms with Crippen LogP contribution in [0.3, 0.4) is 0 Å². The average Bonchev–Trinajstić information content (AvgIpc) is 2.72. The summed E-state index contributed by atoms with van der Waals surface area (Å²) in [7, 11) is 0. The summed E-state index contributed by atoms with van der Waals surface area (Å²) in [6, 6.07) is 8.50. The van der Waals surface area contributed by atoms with Gasteiger partial charge in [0, 0.05) is 24.6 Å². The van der Waals surface area contributed by atoms with E-state index in [4.69, 9.17) is 0 Å². The predicted molar refractivity (Wildman–Crippen MR) is 81.9 cm³/mol. The van der Waals surface area contributed by atoms with Crippen LogP contribution in [-0.2, 0) is 0 Å². The Morgan fingerprint density at radius 3 is 2.44 bits per heavy atom. The molecule has 0 aromatic heterocycles. The van der Waals surface area contributed by atoms with E-state index in [-0.39, 0.29) is 12.4 Å². The monoisotopic (exact) mass is 264 g/mol. The van der Waals surface area contributed by atoms with Gasteiger partial charge in [-0.05, 0) is 31.0 Å². The standard InChI is InChI=1S/C15H20N2.ClH/c1-4-10-16-11-12-17(13(16)3)15-8-6-14(5-2)7-9-15;/h5-9,11-13H,2,4,10H2,1,3H3;1H. The molecular formula is C15H21ClN2. The molecule has 0 amide bonds. The lowest BCUT2D eigenvalue weighted by molar-refractivity contribution is 0.319. The summed E-state index contributed by atoms with van der Waals surface area (Å²) >= 11 is 0. The zero-order valence-corrected chi connectivity index (χ0v) is 11.9. The van der Waals surface area contributed by atoms with Crippen LogP contribution in [0.1, 0.15) is 25.8 Å². The molecule has 2 rings (SSSR count). The van der Waals surface area contributed by atoms with Crippen LogP contribution in [0.4, 0.5) is 5.69 Å². The molecule has 0 bridgehead atoms. The Hall–Kier alpha value is -1.41. The SMILES string of the molecule is C=Cc1ccc(N2C=CN(CCC)C2C)cc1.Cl. The van der Waals surface area contributed by atoms with Crippen LogP contribution in [0.25, 0.3) is 6.08 Å². The van der Waals surface area contributed by atoms with Gasteiger partial charge in [0.05, 0.1) is 0 Å². The lowest BCUT2D eigenvalue weighted by Crippen LogP contribution is -2.36. The van der Waals surface area contributed by atoms with Crippen molar-refractivity contribution >= 4 is 24.2 Å². The van der Waals surface area contributed by atoms with Gasteiger partial charge in [0.1, 0.15) is 6.17 Å². The summed E-state index contributed by atoms with van der Waals surface area (Å²) < 4.78 is 0. The van der Waals surface area contributed by atoms with Gasteiger partial charge in [-0.3, -0.25) is 0 Å². The van der Waals surface area contributed by atoms with Crippen LogP contribution in [0.15, 0.2) is 43.2 Å². The van der Waals surface area contributed by atoms with Gasteiger partial charge < -0.3 is 9.80 Å². The van der Waals surface area contributed by atoms with E-state index >= 15 is 0 Å². The van der Waals surface area contributed by atoms with E-state index in [0.29, 0.717) is 6.17 Å². The third-order valence-electron chi connectivity index (χ3n) is 3.21. The Kier molecular flexibility index (Phi) is 5.29. The second-order valence-electron chi connectivity index (χ2n) is 4.37.